The Morgan fingerprint density at radius 3 is 2.85 bits per heavy atom. The van der Waals surface area contributed by atoms with Gasteiger partial charge in [0.1, 0.15) is 6.61 Å². The van der Waals surface area contributed by atoms with Crippen molar-refractivity contribution in [2.45, 2.75) is 6.04 Å². The van der Waals surface area contributed by atoms with Crippen LogP contribution in [0.15, 0.2) is 23.2 Å². The first kappa shape index (κ1) is 13.8. The van der Waals surface area contributed by atoms with Gasteiger partial charge >= 0.3 is 11.7 Å². The topological polar surface area (TPSA) is 100 Å². The number of nitro groups is 1. The van der Waals surface area contributed by atoms with Crippen LogP contribution in [0.2, 0.25) is 0 Å². The zero-order valence-corrected chi connectivity index (χ0v) is 10.9. The van der Waals surface area contributed by atoms with Gasteiger partial charge in [0.2, 0.25) is 5.90 Å². The molecule has 8 nitrogen and oxygen atoms in total. The summed E-state index contributed by atoms with van der Waals surface area (Å²) in [5.74, 6) is -0.164. The van der Waals surface area contributed by atoms with Crippen molar-refractivity contribution in [2.24, 2.45) is 4.99 Å². The molecule has 2 rings (SSSR count). The second-order valence-electron chi connectivity index (χ2n) is 3.93. The number of hydrogen-bond donors (Lipinski definition) is 0. The van der Waals surface area contributed by atoms with Crippen LogP contribution in [0.5, 0.6) is 5.75 Å². The van der Waals surface area contributed by atoms with Gasteiger partial charge in [-0.3, -0.25) is 10.1 Å². The Labute approximate surface area is 114 Å². The summed E-state index contributed by atoms with van der Waals surface area (Å²) in [6.07, 6.45) is 0. The number of aliphatic imine (C=N–C) groups is 1. The molecule has 1 atom stereocenters. The zero-order chi connectivity index (χ0) is 14.7. The molecule has 1 heterocycles. The molecule has 0 saturated heterocycles. The standard InChI is InChI=1S/C12H12N2O6/c1-18-10-5-7(3-4-9(10)14(16)17)11-13-8(6-20-11)12(15)19-2/h3-5,8H,6H2,1-2H3. The molecular weight excluding hydrogens is 268 g/mol. The van der Waals surface area contributed by atoms with E-state index < -0.39 is 16.9 Å². The van der Waals surface area contributed by atoms with Gasteiger partial charge in [-0.1, -0.05) is 0 Å². The van der Waals surface area contributed by atoms with Crippen LogP contribution in [-0.4, -0.2) is 43.7 Å². The van der Waals surface area contributed by atoms with Gasteiger partial charge in [-0.05, 0) is 12.1 Å². The second-order valence-corrected chi connectivity index (χ2v) is 3.93. The first-order chi connectivity index (χ1) is 9.56. The number of carbonyl (C=O) groups is 1. The van der Waals surface area contributed by atoms with Crippen molar-refractivity contribution in [1.29, 1.82) is 0 Å². The Hall–Kier alpha value is -2.64. The first-order valence-electron chi connectivity index (χ1n) is 5.68. The number of carbonyl (C=O) groups excluding carboxylic acids is 1. The minimum Gasteiger partial charge on any atom is -0.490 e. The number of ether oxygens (including phenoxy) is 3. The number of esters is 1. The number of rotatable bonds is 4. The summed E-state index contributed by atoms with van der Waals surface area (Å²) >= 11 is 0. The van der Waals surface area contributed by atoms with Gasteiger partial charge in [-0.15, -0.1) is 0 Å². The van der Waals surface area contributed by atoms with E-state index in [-0.39, 0.29) is 23.9 Å². The van der Waals surface area contributed by atoms with Crippen LogP contribution in [0.1, 0.15) is 5.56 Å². The van der Waals surface area contributed by atoms with E-state index in [9.17, 15) is 14.9 Å². The summed E-state index contributed by atoms with van der Waals surface area (Å²) in [7, 11) is 2.60. The lowest BCUT2D eigenvalue weighted by Gasteiger charge is -2.05. The minimum absolute atomic E-state index is 0.0846. The number of benzene rings is 1. The van der Waals surface area contributed by atoms with Crippen LogP contribution >= 0.6 is 0 Å². The van der Waals surface area contributed by atoms with Crippen molar-refractivity contribution < 1.29 is 23.9 Å². The molecule has 20 heavy (non-hydrogen) atoms. The predicted octanol–water partition coefficient (Wildman–Crippen LogP) is 0.922. The molecule has 1 aromatic carbocycles. The van der Waals surface area contributed by atoms with Gasteiger partial charge in [0.05, 0.1) is 19.1 Å². The number of methoxy groups -OCH3 is 2. The third-order valence-electron chi connectivity index (χ3n) is 2.75. The van der Waals surface area contributed by atoms with E-state index in [1.54, 1.807) is 0 Å². The maximum Gasteiger partial charge on any atom is 0.334 e. The Morgan fingerprint density at radius 2 is 2.25 bits per heavy atom. The first-order valence-corrected chi connectivity index (χ1v) is 5.68. The van der Waals surface area contributed by atoms with Crippen molar-refractivity contribution in [3.05, 3.63) is 33.9 Å². The van der Waals surface area contributed by atoms with Gasteiger partial charge in [-0.25, -0.2) is 9.79 Å². The van der Waals surface area contributed by atoms with E-state index in [0.29, 0.717) is 5.56 Å². The molecular formula is C12H12N2O6. The zero-order valence-electron chi connectivity index (χ0n) is 10.9. The highest BCUT2D eigenvalue weighted by Gasteiger charge is 2.28. The van der Waals surface area contributed by atoms with E-state index in [0.717, 1.165) is 0 Å². The molecule has 0 radical (unpaired) electrons. The van der Waals surface area contributed by atoms with Gasteiger partial charge < -0.3 is 14.2 Å². The highest BCUT2D eigenvalue weighted by Crippen LogP contribution is 2.28. The molecule has 106 valence electrons. The Bertz CT molecular complexity index is 583. The lowest BCUT2D eigenvalue weighted by atomic mass is 10.2. The normalized spacial score (nSPS) is 17.1. The fraction of sp³-hybridized carbons (Fsp3) is 0.333. The van der Waals surface area contributed by atoms with E-state index in [1.165, 1.54) is 32.4 Å². The fourth-order valence-electron chi connectivity index (χ4n) is 1.75. The Balaban J connectivity index is 2.31. The third-order valence-corrected chi connectivity index (χ3v) is 2.75. The summed E-state index contributed by atoms with van der Waals surface area (Å²) in [4.78, 5) is 25.7. The summed E-state index contributed by atoms with van der Waals surface area (Å²) < 4.78 is 14.8. The fourth-order valence-corrected chi connectivity index (χ4v) is 1.75. The molecule has 0 fully saturated rings. The van der Waals surface area contributed by atoms with Gasteiger partial charge in [-0.2, -0.15) is 0 Å². The van der Waals surface area contributed by atoms with Gasteiger partial charge in [0, 0.05) is 11.6 Å². The van der Waals surface area contributed by atoms with Crippen LogP contribution in [0.3, 0.4) is 0 Å². The molecule has 1 aliphatic heterocycles. The molecule has 0 N–H and O–H groups in total. The average Bonchev–Trinajstić information content (AvgIpc) is 2.95. The highest BCUT2D eigenvalue weighted by molar-refractivity contribution is 5.98. The van der Waals surface area contributed by atoms with E-state index in [2.05, 4.69) is 9.73 Å². The lowest BCUT2D eigenvalue weighted by molar-refractivity contribution is -0.385. The molecule has 0 amide bonds. The van der Waals surface area contributed by atoms with Crippen LogP contribution in [0.4, 0.5) is 5.69 Å². The number of nitro benzene ring substituents is 1. The van der Waals surface area contributed by atoms with Crippen molar-refractivity contribution in [3.8, 4) is 5.75 Å². The molecule has 8 heteroatoms. The smallest absolute Gasteiger partial charge is 0.334 e. The SMILES string of the molecule is COC(=O)C1COC(c2ccc([N+](=O)[O-])c(OC)c2)=N1. The van der Waals surface area contributed by atoms with Crippen LogP contribution in [0.25, 0.3) is 0 Å². The van der Waals surface area contributed by atoms with Crippen molar-refractivity contribution in [2.75, 3.05) is 20.8 Å². The Kier molecular flexibility index (Phi) is 3.83. The molecule has 1 unspecified atom stereocenters. The van der Waals surface area contributed by atoms with Gasteiger partial charge in [0.25, 0.3) is 0 Å². The van der Waals surface area contributed by atoms with Crippen LogP contribution in [0, 0.1) is 10.1 Å². The predicted molar refractivity (Wildman–Crippen MR) is 67.9 cm³/mol. The van der Waals surface area contributed by atoms with Gasteiger partial charge in [0.15, 0.2) is 11.8 Å². The molecule has 0 spiro atoms. The van der Waals surface area contributed by atoms with Crippen molar-refractivity contribution in [1.82, 2.24) is 0 Å². The molecule has 0 saturated carbocycles. The highest BCUT2D eigenvalue weighted by atomic mass is 16.6. The molecule has 1 aliphatic rings. The summed E-state index contributed by atoms with van der Waals surface area (Å²) in [5, 5.41) is 10.8. The van der Waals surface area contributed by atoms with Crippen molar-refractivity contribution in [3.63, 3.8) is 0 Å². The second kappa shape index (κ2) is 5.55. The molecule has 0 bridgehead atoms. The van der Waals surface area contributed by atoms with E-state index in [1.807, 2.05) is 0 Å². The molecule has 1 aromatic rings. The maximum atomic E-state index is 11.3. The molecule has 0 aromatic heterocycles. The summed E-state index contributed by atoms with van der Waals surface area (Å²) in [6, 6.07) is 3.51. The summed E-state index contributed by atoms with van der Waals surface area (Å²) in [6.45, 7) is 0.0846. The quantitative estimate of drug-likeness (QED) is 0.462. The number of nitrogens with zero attached hydrogens (tertiary/aromatic N) is 2. The van der Waals surface area contributed by atoms with E-state index in [4.69, 9.17) is 9.47 Å². The summed E-state index contributed by atoms with van der Waals surface area (Å²) in [5.41, 5.74) is 0.346. The molecule has 0 aliphatic carbocycles. The minimum atomic E-state index is -0.712. The van der Waals surface area contributed by atoms with E-state index >= 15 is 0 Å². The largest absolute Gasteiger partial charge is 0.490 e. The number of hydrogen-bond acceptors (Lipinski definition) is 7. The van der Waals surface area contributed by atoms with Crippen molar-refractivity contribution >= 4 is 17.6 Å². The van der Waals surface area contributed by atoms with Crippen LogP contribution in [-0.2, 0) is 14.3 Å². The monoisotopic (exact) mass is 280 g/mol. The third kappa shape index (κ3) is 2.53. The average molecular weight is 280 g/mol. The Morgan fingerprint density at radius 1 is 1.50 bits per heavy atom. The maximum absolute atomic E-state index is 11.3. The lowest BCUT2D eigenvalue weighted by Crippen LogP contribution is -2.21. The van der Waals surface area contributed by atoms with Crippen LogP contribution < -0.4 is 4.74 Å².